The normalized spacial score (nSPS) is 15.2. The molecule has 1 aromatic carbocycles. The zero-order valence-corrected chi connectivity index (χ0v) is 16.6. The Bertz CT molecular complexity index is 1160. The monoisotopic (exact) mass is 409 g/mol. The molecule has 1 saturated heterocycles. The highest BCUT2D eigenvalue weighted by atomic mass is 32.2. The van der Waals surface area contributed by atoms with Crippen molar-refractivity contribution in [3.63, 3.8) is 0 Å². The van der Waals surface area contributed by atoms with Gasteiger partial charge in [-0.05, 0) is 19.1 Å². The molecule has 1 aliphatic rings. The predicted molar refractivity (Wildman–Crippen MR) is 106 cm³/mol. The number of hydrogen-bond acceptors (Lipinski definition) is 7. The number of benzene rings is 1. The second-order valence-electron chi connectivity index (χ2n) is 6.60. The molecule has 9 nitrogen and oxygen atoms in total. The fourth-order valence-corrected chi connectivity index (χ4v) is 4.87. The minimum Gasteiger partial charge on any atom is -0.354 e. The number of piperazine rings is 1. The minimum absolute atomic E-state index is 0.0521. The summed E-state index contributed by atoms with van der Waals surface area (Å²) in [5.74, 6) is 2.09. The number of rotatable bonds is 4. The van der Waals surface area contributed by atoms with E-state index in [1.54, 1.807) is 29.2 Å². The summed E-state index contributed by atoms with van der Waals surface area (Å²) in [7, 11) is -3.72. The minimum atomic E-state index is -3.72. The molecule has 0 atom stereocenters. The fourth-order valence-electron chi connectivity index (χ4n) is 3.31. The van der Waals surface area contributed by atoms with Crippen molar-refractivity contribution >= 4 is 15.8 Å². The Hall–Kier alpha value is -3.29. The van der Waals surface area contributed by atoms with Gasteiger partial charge in [0.2, 0.25) is 10.0 Å². The van der Waals surface area contributed by atoms with Crippen molar-refractivity contribution in [2.45, 2.75) is 11.8 Å². The highest BCUT2D eigenvalue weighted by Gasteiger charge is 2.30. The first-order valence-electron chi connectivity index (χ1n) is 9.07. The van der Waals surface area contributed by atoms with Crippen molar-refractivity contribution in [3.05, 3.63) is 60.4 Å². The second kappa shape index (κ2) is 7.62. The number of nitrogens with zero attached hydrogens (tertiary/aromatic N) is 7. The number of nitriles is 1. The lowest BCUT2D eigenvalue weighted by molar-refractivity contribution is 0.383. The van der Waals surface area contributed by atoms with Crippen LogP contribution in [0.1, 0.15) is 11.4 Å². The summed E-state index contributed by atoms with van der Waals surface area (Å²) in [6, 6.07) is 10.1. The van der Waals surface area contributed by atoms with Crippen LogP contribution in [0.5, 0.6) is 0 Å². The Morgan fingerprint density at radius 3 is 2.48 bits per heavy atom. The quantitative estimate of drug-likeness (QED) is 0.640. The van der Waals surface area contributed by atoms with E-state index in [0.717, 1.165) is 5.82 Å². The first-order chi connectivity index (χ1) is 14.0. The molecule has 3 heterocycles. The fraction of sp³-hybridized carbons (Fsp3) is 0.263. The summed E-state index contributed by atoms with van der Waals surface area (Å²) in [4.78, 5) is 15.1. The largest absolute Gasteiger partial charge is 0.354 e. The number of aryl methyl sites for hydroxylation is 1. The number of hydrogen-bond donors (Lipinski definition) is 0. The number of anilines is 1. The van der Waals surface area contributed by atoms with E-state index >= 15 is 0 Å². The van der Waals surface area contributed by atoms with Gasteiger partial charge in [0.05, 0.1) is 10.5 Å². The van der Waals surface area contributed by atoms with E-state index in [-0.39, 0.29) is 10.5 Å². The number of imidazole rings is 1. The van der Waals surface area contributed by atoms with Crippen LogP contribution in [-0.2, 0) is 10.0 Å². The van der Waals surface area contributed by atoms with Gasteiger partial charge in [-0.1, -0.05) is 12.1 Å². The van der Waals surface area contributed by atoms with E-state index in [4.69, 9.17) is 0 Å². The van der Waals surface area contributed by atoms with E-state index < -0.39 is 10.0 Å². The number of sulfonamides is 1. The van der Waals surface area contributed by atoms with E-state index in [9.17, 15) is 13.7 Å². The van der Waals surface area contributed by atoms with Crippen LogP contribution >= 0.6 is 0 Å². The van der Waals surface area contributed by atoms with E-state index in [0.29, 0.717) is 37.8 Å². The van der Waals surface area contributed by atoms with Crippen LogP contribution in [0.25, 0.3) is 5.82 Å². The van der Waals surface area contributed by atoms with Crippen LogP contribution in [0.15, 0.2) is 53.9 Å². The van der Waals surface area contributed by atoms with E-state index in [2.05, 4.69) is 15.0 Å². The van der Waals surface area contributed by atoms with Crippen LogP contribution in [0, 0.1) is 18.3 Å². The van der Waals surface area contributed by atoms with Crippen molar-refractivity contribution in [2.75, 3.05) is 31.1 Å². The summed E-state index contributed by atoms with van der Waals surface area (Å²) in [5.41, 5.74) is 0.159. The first kappa shape index (κ1) is 19.0. The van der Waals surface area contributed by atoms with Gasteiger partial charge >= 0.3 is 0 Å². The Morgan fingerprint density at radius 2 is 1.79 bits per heavy atom. The summed E-state index contributed by atoms with van der Waals surface area (Å²) < 4.78 is 29.2. The average molecular weight is 409 g/mol. The molecule has 0 N–H and O–H groups in total. The van der Waals surface area contributed by atoms with Gasteiger partial charge in [0.1, 0.15) is 29.9 Å². The van der Waals surface area contributed by atoms with Gasteiger partial charge in [-0.15, -0.1) is 0 Å². The third kappa shape index (κ3) is 3.70. The van der Waals surface area contributed by atoms with Gasteiger partial charge in [-0.2, -0.15) is 9.57 Å². The van der Waals surface area contributed by atoms with Crippen LogP contribution in [0.4, 0.5) is 5.82 Å². The predicted octanol–water partition coefficient (Wildman–Crippen LogP) is 1.35. The molecular weight excluding hydrogens is 390 g/mol. The molecule has 2 aromatic heterocycles. The molecule has 10 heteroatoms. The maximum absolute atomic E-state index is 13.0. The lowest BCUT2D eigenvalue weighted by atomic mass is 10.2. The lowest BCUT2D eigenvalue weighted by Gasteiger charge is -2.35. The van der Waals surface area contributed by atoms with Crippen molar-refractivity contribution in [1.29, 1.82) is 5.26 Å². The molecule has 0 bridgehead atoms. The number of aromatic nitrogens is 4. The molecule has 0 radical (unpaired) electrons. The zero-order chi connectivity index (χ0) is 20.4. The topological polar surface area (TPSA) is 108 Å². The van der Waals surface area contributed by atoms with Crippen LogP contribution in [-0.4, -0.2) is 58.4 Å². The molecule has 0 saturated carbocycles. The highest BCUT2D eigenvalue weighted by Crippen LogP contribution is 2.23. The van der Waals surface area contributed by atoms with Gasteiger partial charge in [0.15, 0.2) is 0 Å². The molecule has 0 amide bonds. The van der Waals surface area contributed by atoms with Crippen molar-refractivity contribution in [2.24, 2.45) is 0 Å². The molecule has 0 spiro atoms. The summed E-state index contributed by atoms with van der Waals surface area (Å²) in [5, 5.41) is 9.24. The third-order valence-corrected chi connectivity index (χ3v) is 6.72. The molecule has 29 heavy (non-hydrogen) atoms. The van der Waals surface area contributed by atoms with Gasteiger partial charge in [-0.3, -0.25) is 4.57 Å². The lowest BCUT2D eigenvalue weighted by Crippen LogP contribution is -2.49. The Labute approximate surface area is 168 Å². The van der Waals surface area contributed by atoms with E-state index in [1.807, 2.05) is 30.2 Å². The first-order valence-corrected chi connectivity index (χ1v) is 10.5. The average Bonchev–Trinajstić information content (AvgIpc) is 3.28. The Kier molecular flexibility index (Phi) is 5.00. The van der Waals surface area contributed by atoms with Crippen molar-refractivity contribution in [1.82, 2.24) is 23.8 Å². The summed E-state index contributed by atoms with van der Waals surface area (Å²) in [6.45, 7) is 3.43. The molecule has 4 rings (SSSR count). The van der Waals surface area contributed by atoms with Crippen LogP contribution in [0.3, 0.4) is 0 Å². The maximum Gasteiger partial charge on any atom is 0.244 e. The molecule has 0 aliphatic carbocycles. The molecule has 3 aromatic rings. The molecule has 1 aliphatic heterocycles. The third-order valence-electron chi connectivity index (χ3n) is 4.77. The van der Waals surface area contributed by atoms with Crippen molar-refractivity contribution in [3.8, 4) is 11.9 Å². The highest BCUT2D eigenvalue weighted by molar-refractivity contribution is 7.89. The van der Waals surface area contributed by atoms with Gasteiger partial charge in [0, 0.05) is 44.6 Å². The van der Waals surface area contributed by atoms with Crippen LogP contribution in [0.2, 0.25) is 0 Å². The zero-order valence-electron chi connectivity index (χ0n) is 15.8. The molecular formula is C19H19N7O2S. The summed E-state index contributed by atoms with van der Waals surface area (Å²) in [6.07, 6.45) is 5.16. The van der Waals surface area contributed by atoms with Gasteiger partial charge < -0.3 is 4.90 Å². The Balaban J connectivity index is 1.54. The van der Waals surface area contributed by atoms with Crippen molar-refractivity contribution < 1.29 is 8.42 Å². The SMILES string of the molecule is Cc1nc(N2CCN(S(=O)(=O)c3ccccc3C#N)CC2)cc(-n2ccnc2)n1. The molecule has 148 valence electrons. The maximum atomic E-state index is 13.0. The second-order valence-corrected chi connectivity index (χ2v) is 8.51. The van der Waals surface area contributed by atoms with Gasteiger partial charge in [0.25, 0.3) is 0 Å². The molecule has 1 fully saturated rings. The van der Waals surface area contributed by atoms with E-state index in [1.165, 1.54) is 16.4 Å². The standard InChI is InChI=1S/C19H19N7O2S/c1-15-22-18(12-19(23-15)25-7-6-21-14-25)24-8-10-26(11-9-24)29(27,28)17-5-3-2-4-16(17)13-20/h2-7,12,14H,8-11H2,1H3. The Morgan fingerprint density at radius 1 is 1.07 bits per heavy atom. The smallest absolute Gasteiger partial charge is 0.244 e. The van der Waals surface area contributed by atoms with Gasteiger partial charge in [-0.25, -0.2) is 23.4 Å². The molecule has 0 unspecified atom stereocenters. The van der Waals surface area contributed by atoms with Crippen LogP contribution < -0.4 is 4.90 Å². The summed E-state index contributed by atoms with van der Waals surface area (Å²) >= 11 is 0.